The first-order chi connectivity index (χ1) is 10.4. The number of nitrogens with two attached hydrogens (primary N) is 1. The number of aromatic nitrogens is 3. The van der Waals surface area contributed by atoms with E-state index in [0.29, 0.717) is 11.7 Å². The highest BCUT2D eigenvalue weighted by Crippen LogP contribution is 2.43. The molecule has 3 heterocycles. The van der Waals surface area contributed by atoms with Crippen LogP contribution in [0.15, 0.2) is 12.5 Å². The predicted octanol–water partition coefficient (Wildman–Crippen LogP) is -0.195. The van der Waals surface area contributed by atoms with Crippen LogP contribution < -0.4 is 5.73 Å². The van der Waals surface area contributed by atoms with Gasteiger partial charge in [-0.25, -0.2) is 14.4 Å². The zero-order valence-corrected chi connectivity index (χ0v) is 11.7. The van der Waals surface area contributed by atoms with Crippen LogP contribution in [0.5, 0.6) is 0 Å². The minimum atomic E-state index is -2.18. The zero-order valence-electron chi connectivity index (χ0n) is 11.7. The molecular formula is C13H15FN4O4. The molecule has 0 bridgehead atoms. The molecule has 0 aromatic carbocycles. The number of aliphatic hydroxyl groups excluding tert-OH is 2. The second-order valence-electron chi connectivity index (χ2n) is 5.37. The lowest BCUT2D eigenvalue weighted by Crippen LogP contribution is -2.40. The summed E-state index contributed by atoms with van der Waals surface area (Å²) in [6.07, 6.45) is -0.756. The van der Waals surface area contributed by atoms with E-state index < -0.39 is 30.7 Å². The van der Waals surface area contributed by atoms with Crippen LogP contribution in [-0.4, -0.2) is 55.5 Å². The summed E-state index contributed by atoms with van der Waals surface area (Å²) in [5.41, 5.74) is 3.97. The topological polar surface area (TPSA) is 123 Å². The summed E-state index contributed by atoms with van der Waals surface area (Å²) < 4.78 is 21.6. The fourth-order valence-electron chi connectivity index (χ4n) is 2.77. The Bertz CT molecular complexity index is 732. The van der Waals surface area contributed by atoms with Crippen molar-refractivity contribution in [3.8, 4) is 0 Å². The Balaban J connectivity index is 2.19. The minimum absolute atomic E-state index is 0.0867. The molecule has 1 aliphatic heterocycles. The van der Waals surface area contributed by atoms with Gasteiger partial charge in [0.15, 0.2) is 18.2 Å². The van der Waals surface area contributed by atoms with Gasteiger partial charge in [-0.05, 0) is 6.92 Å². The highest BCUT2D eigenvalue weighted by Gasteiger charge is 2.55. The lowest BCUT2D eigenvalue weighted by molar-refractivity contribution is -0.0564. The second-order valence-corrected chi connectivity index (χ2v) is 5.37. The maximum Gasteiger partial charge on any atom is 0.181 e. The number of carbonyl (C=O) groups is 1. The number of anilines is 1. The van der Waals surface area contributed by atoms with Crippen molar-refractivity contribution in [3.05, 3.63) is 18.1 Å². The SMILES string of the molecule is C[C@@]1(F)[C@H](O)[C@@H](CO)O[C@H]1n1cc(C=O)c2c(N)ncnc21. The van der Waals surface area contributed by atoms with E-state index in [1.165, 1.54) is 17.1 Å². The number of nitrogen functional groups attached to an aromatic ring is 1. The van der Waals surface area contributed by atoms with Crippen molar-refractivity contribution >= 4 is 23.1 Å². The molecule has 22 heavy (non-hydrogen) atoms. The lowest BCUT2D eigenvalue weighted by Gasteiger charge is -2.25. The van der Waals surface area contributed by atoms with Gasteiger partial charge in [0, 0.05) is 11.8 Å². The van der Waals surface area contributed by atoms with E-state index in [4.69, 9.17) is 10.5 Å². The Kier molecular flexibility index (Phi) is 3.35. The third-order valence-corrected chi connectivity index (χ3v) is 3.94. The molecule has 0 radical (unpaired) electrons. The van der Waals surface area contributed by atoms with Gasteiger partial charge in [0.2, 0.25) is 0 Å². The number of alkyl halides is 1. The fourth-order valence-corrected chi connectivity index (χ4v) is 2.77. The van der Waals surface area contributed by atoms with Gasteiger partial charge in [0.05, 0.1) is 12.0 Å². The number of rotatable bonds is 3. The number of nitrogens with zero attached hydrogens (tertiary/aromatic N) is 3. The van der Waals surface area contributed by atoms with Gasteiger partial charge in [0.1, 0.15) is 30.0 Å². The molecule has 9 heteroatoms. The van der Waals surface area contributed by atoms with Crippen molar-refractivity contribution in [2.75, 3.05) is 12.3 Å². The summed E-state index contributed by atoms with van der Waals surface area (Å²) in [6, 6.07) is 0. The standard InChI is InChI=1S/C13H15FN4O4/c1-13(14)9(21)7(4-20)22-12(13)18-2-6(3-19)8-10(15)16-5-17-11(8)18/h2-3,5,7,9,12,20-21H,4H2,1H3,(H2,15,16,17)/t7-,9-,12-,13-/m1/s1. The van der Waals surface area contributed by atoms with Crippen LogP contribution >= 0.6 is 0 Å². The van der Waals surface area contributed by atoms with E-state index in [-0.39, 0.29) is 17.0 Å². The van der Waals surface area contributed by atoms with Crippen molar-refractivity contribution in [2.24, 2.45) is 0 Å². The number of aldehydes is 1. The number of carbonyl (C=O) groups excluding carboxylic acids is 1. The third-order valence-electron chi connectivity index (χ3n) is 3.94. The molecule has 2 aromatic heterocycles. The summed E-state index contributed by atoms with van der Waals surface area (Å²) in [5.74, 6) is 0.0867. The Morgan fingerprint density at radius 1 is 1.59 bits per heavy atom. The third kappa shape index (κ3) is 1.90. The minimum Gasteiger partial charge on any atom is -0.394 e. The van der Waals surface area contributed by atoms with Gasteiger partial charge in [-0.15, -0.1) is 0 Å². The number of fused-ring (bicyclic) bond motifs is 1. The average molecular weight is 310 g/mol. The molecule has 1 fully saturated rings. The first-order valence-corrected chi connectivity index (χ1v) is 6.61. The summed E-state index contributed by atoms with van der Waals surface area (Å²) in [7, 11) is 0. The van der Waals surface area contributed by atoms with Crippen molar-refractivity contribution < 1.29 is 24.1 Å². The van der Waals surface area contributed by atoms with Gasteiger partial charge >= 0.3 is 0 Å². The first kappa shape index (κ1) is 14.8. The van der Waals surface area contributed by atoms with Gasteiger partial charge in [0.25, 0.3) is 0 Å². The van der Waals surface area contributed by atoms with E-state index in [1.54, 1.807) is 0 Å². The highest BCUT2D eigenvalue weighted by molar-refractivity contribution is 6.01. The van der Waals surface area contributed by atoms with Crippen LogP contribution in [0.1, 0.15) is 23.5 Å². The summed E-state index contributed by atoms with van der Waals surface area (Å²) >= 11 is 0. The number of hydrogen-bond acceptors (Lipinski definition) is 7. The van der Waals surface area contributed by atoms with Gasteiger partial charge in [-0.3, -0.25) is 4.79 Å². The molecule has 2 aromatic rings. The predicted molar refractivity (Wildman–Crippen MR) is 73.8 cm³/mol. The molecule has 0 saturated carbocycles. The number of ether oxygens (including phenoxy) is 1. The molecule has 1 saturated heterocycles. The van der Waals surface area contributed by atoms with E-state index in [0.717, 1.165) is 6.92 Å². The molecule has 0 spiro atoms. The molecule has 4 atom stereocenters. The van der Waals surface area contributed by atoms with Crippen molar-refractivity contribution in [1.82, 2.24) is 14.5 Å². The average Bonchev–Trinajstić information content (AvgIpc) is 2.97. The Hall–Kier alpha value is -2.10. The van der Waals surface area contributed by atoms with Crippen LogP contribution in [0.2, 0.25) is 0 Å². The molecule has 3 rings (SSSR count). The van der Waals surface area contributed by atoms with Gasteiger partial charge < -0.3 is 25.3 Å². The van der Waals surface area contributed by atoms with E-state index in [2.05, 4.69) is 9.97 Å². The van der Waals surface area contributed by atoms with Crippen LogP contribution in [0.25, 0.3) is 11.0 Å². The quantitative estimate of drug-likeness (QED) is 0.671. The monoisotopic (exact) mass is 310 g/mol. The maximum atomic E-state index is 14.9. The zero-order chi connectivity index (χ0) is 16.1. The van der Waals surface area contributed by atoms with Crippen LogP contribution in [-0.2, 0) is 4.74 Å². The smallest absolute Gasteiger partial charge is 0.181 e. The first-order valence-electron chi connectivity index (χ1n) is 6.61. The largest absolute Gasteiger partial charge is 0.394 e. The molecular weight excluding hydrogens is 295 g/mol. The molecule has 0 unspecified atom stereocenters. The number of hydrogen-bond donors (Lipinski definition) is 3. The number of aliphatic hydroxyl groups is 2. The van der Waals surface area contributed by atoms with Crippen molar-refractivity contribution in [1.29, 1.82) is 0 Å². The molecule has 4 N–H and O–H groups in total. The Labute approximate surface area is 124 Å². The van der Waals surface area contributed by atoms with Crippen molar-refractivity contribution in [2.45, 2.75) is 31.0 Å². The molecule has 118 valence electrons. The van der Waals surface area contributed by atoms with E-state index in [1.807, 2.05) is 0 Å². The Morgan fingerprint density at radius 3 is 2.91 bits per heavy atom. The highest BCUT2D eigenvalue weighted by atomic mass is 19.1. The molecule has 0 amide bonds. The van der Waals surface area contributed by atoms with Crippen LogP contribution in [0.4, 0.5) is 10.2 Å². The summed E-state index contributed by atoms with van der Waals surface area (Å²) in [4.78, 5) is 19.0. The second kappa shape index (κ2) is 4.97. The molecule has 8 nitrogen and oxygen atoms in total. The van der Waals surface area contributed by atoms with Crippen LogP contribution in [0, 0.1) is 0 Å². The maximum absolute atomic E-state index is 14.9. The summed E-state index contributed by atoms with van der Waals surface area (Å²) in [5, 5.41) is 19.4. The van der Waals surface area contributed by atoms with Gasteiger partial charge in [-0.2, -0.15) is 0 Å². The van der Waals surface area contributed by atoms with Crippen molar-refractivity contribution in [3.63, 3.8) is 0 Å². The normalized spacial score (nSPS) is 31.7. The van der Waals surface area contributed by atoms with E-state index >= 15 is 0 Å². The van der Waals surface area contributed by atoms with Crippen LogP contribution in [0.3, 0.4) is 0 Å². The fraction of sp³-hybridized carbons (Fsp3) is 0.462. The Morgan fingerprint density at radius 2 is 2.32 bits per heavy atom. The lowest BCUT2D eigenvalue weighted by atomic mass is 9.98. The molecule has 1 aliphatic rings. The summed E-state index contributed by atoms with van der Waals surface area (Å²) in [6.45, 7) is 0.628. The molecule has 0 aliphatic carbocycles. The number of halogens is 1. The van der Waals surface area contributed by atoms with E-state index in [9.17, 15) is 19.4 Å². The van der Waals surface area contributed by atoms with Gasteiger partial charge in [-0.1, -0.05) is 0 Å².